The summed E-state index contributed by atoms with van der Waals surface area (Å²) < 4.78 is 0. The van der Waals surface area contributed by atoms with Gasteiger partial charge in [-0.1, -0.05) is 0 Å². The fraction of sp³-hybridized carbons (Fsp3) is 0. The molecule has 0 atom stereocenters. The molecular weight excluding hydrogens is 268 g/mol. The smallest absolute Gasteiger partial charge is 0.261 e. The molecule has 0 aliphatic heterocycles. The molecule has 102 valence electrons. The zero-order chi connectivity index (χ0) is 14.7. The Morgan fingerprint density at radius 3 is 2.29 bits per heavy atom. The molecule has 2 aromatic heterocycles. The van der Waals surface area contributed by atoms with Crippen LogP contribution in [0.4, 0.5) is 5.69 Å². The second-order valence-corrected chi connectivity index (χ2v) is 4.32. The highest BCUT2D eigenvalue weighted by atomic mass is 16.6. The quantitative estimate of drug-likeness (QED) is 0.543. The number of nitro groups is 1. The van der Waals surface area contributed by atoms with Crippen LogP contribution in [0.5, 0.6) is 0 Å². The van der Waals surface area contributed by atoms with E-state index in [1.807, 2.05) is 12.1 Å². The summed E-state index contributed by atoms with van der Waals surface area (Å²) in [5, 5.41) is 10.7. The summed E-state index contributed by atoms with van der Waals surface area (Å²) in [5.41, 5.74) is 3.26. The predicted octanol–water partition coefficient (Wildman–Crippen LogP) is 3.11. The number of rotatable bonds is 3. The van der Waals surface area contributed by atoms with Crippen molar-refractivity contribution in [2.45, 2.75) is 0 Å². The second kappa shape index (κ2) is 5.46. The molecule has 6 nitrogen and oxygen atoms in total. The van der Waals surface area contributed by atoms with Crippen LogP contribution >= 0.6 is 0 Å². The molecule has 3 aromatic rings. The van der Waals surface area contributed by atoms with Gasteiger partial charge < -0.3 is 0 Å². The van der Waals surface area contributed by atoms with Gasteiger partial charge in [0.15, 0.2) is 0 Å². The Morgan fingerprint density at radius 1 is 0.857 bits per heavy atom. The zero-order valence-electron chi connectivity index (χ0n) is 10.9. The molecule has 6 heteroatoms. The fourth-order valence-corrected chi connectivity index (χ4v) is 1.96. The van der Waals surface area contributed by atoms with Crippen molar-refractivity contribution < 1.29 is 4.92 Å². The number of nitro benzene ring substituents is 1. The lowest BCUT2D eigenvalue weighted by atomic mass is 10.1. The largest absolute Gasteiger partial charge is 0.269 e. The van der Waals surface area contributed by atoms with E-state index < -0.39 is 4.92 Å². The van der Waals surface area contributed by atoms with Gasteiger partial charge in [0.25, 0.3) is 5.69 Å². The summed E-state index contributed by atoms with van der Waals surface area (Å²) in [7, 11) is 0. The summed E-state index contributed by atoms with van der Waals surface area (Å²) in [4.78, 5) is 22.7. The topological polar surface area (TPSA) is 81.8 Å². The van der Waals surface area contributed by atoms with Crippen molar-refractivity contribution in [3.05, 3.63) is 71.3 Å². The van der Waals surface area contributed by atoms with E-state index in [-0.39, 0.29) is 5.69 Å². The van der Waals surface area contributed by atoms with Gasteiger partial charge in [0, 0.05) is 30.7 Å². The molecule has 21 heavy (non-hydrogen) atoms. The fourth-order valence-electron chi connectivity index (χ4n) is 1.96. The summed E-state index contributed by atoms with van der Waals surface area (Å²) in [6, 6.07) is 10.1. The highest BCUT2D eigenvalue weighted by Crippen LogP contribution is 2.25. The minimum absolute atomic E-state index is 0.0713. The molecule has 0 N–H and O–H groups in total. The Kier molecular flexibility index (Phi) is 3.34. The van der Waals surface area contributed by atoms with Crippen LogP contribution in [0.15, 0.2) is 61.2 Å². The maximum absolute atomic E-state index is 10.7. The highest BCUT2D eigenvalue weighted by molar-refractivity contribution is 5.69. The lowest BCUT2D eigenvalue weighted by molar-refractivity contribution is -0.384. The van der Waals surface area contributed by atoms with Crippen LogP contribution in [0.2, 0.25) is 0 Å². The Labute approximate surface area is 120 Å². The van der Waals surface area contributed by atoms with Gasteiger partial charge in [-0.05, 0) is 35.4 Å². The van der Waals surface area contributed by atoms with Gasteiger partial charge in [-0.2, -0.15) is 0 Å². The van der Waals surface area contributed by atoms with Gasteiger partial charge in [-0.3, -0.25) is 25.1 Å². The molecule has 0 amide bonds. The minimum Gasteiger partial charge on any atom is -0.261 e. The molecular formula is C15H10N4O2. The molecule has 0 bridgehead atoms. The highest BCUT2D eigenvalue weighted by Gasteiger charge is 2.07. The molecule has 0 aliphatic rings. The third kappa shape index (κ3) is 2.74. The number of nitrogens with zero attached hydrogens (tertiary/aromatic N) is 4. The van der Waals surface area contributed by atoms with Crippen LogP contribution in [-0.4, -0.2) is 19.9 Å². The number of non-ortho nitro benzene ring substituents is 1. The van der Waals surface area contributed by atoms with Gasteiger partial charge in [0.2, 0.25) is 0 Å². The van der Waals surface area contributed by atoms with E-state index in [9.17, 15) is 10.1 Å². The van der Waals surface area contributed by atoms with E-state index in [0.29, 0.717) is 11.4 Å². The van der Waals surface area contributed by atoms with E-state index in [1.165, 1.54) is 12.1 Å². The summed E-state index contributed by atoms with van der Waals surface area (Å²) >= 11 is 0. The average Bonchev–Trinajstić information content (AvgIpc) is 2.56. The van der Waals surface area contributed by atoms with E-state index in [1.54, 1.807) is 36.9 Å². The number of aromatic nitrogens is 3. The number of benzene rings is 1. The maximum atomic E-state index is 10.7. The maximum Gasteiger partial charge on any atom is 0.269 e. The van der Waals surface area contributed by atoms with E-state index in [2.05, 4.69) is 15.0 Å². The molecule has 0 saturated carbocycles. The van der Waals surface area contributed by atoms with Gasteiger partial charge in [-0.15, -0.1) is 0 Å². The molecule has 0 fully saturated rings. The van der Waals surface area contributed by atoms with Gasteiger partial charge in [0.05, 0.1) is 16.8 Å². The molecule has 0 saturated heterocycles. The first kappa shape index (κ1) is 12.9. The summed E-state index contributed by atoms with van der Waals surface area (Å²) in [6.45, 7) is 0. The van der Waals surface area contributed by atoms with Crippen LogP contribution in [0, 0.1) is 10.1 Å². The first-order valence-electron chi connectivity index (χ1n) is 6.21. The Bertz CT molecular complexity index is 773. The van der Waals surface area contributed by atoms with E-state index >= 15 is 0 Å². The van der Waals surface area contributed by atoms with Crippen molar-refractivity contribution in [3.63, 3.8) is 0 Å². The van der Waals surface area contributed by atoms with Crippen LogP contribution in [0.25, 0.3) is 22.5 Å². The zero-order valence-corrected chi connectivity index (χ0v) is 10.9. The van der Waals surface area contributed by atoms with E-state index in [0.717, 1.165) is 11.1 Å². The standard InChI is InChI=1S/C15H10N4O2/c20-19(21)13-3-1-11(2-4-13)12-5-6-17-14(9-12)15-10-16-7-8-18-15/h1-10H. The third-order valence-electron chi connectivity index (χ3n) is 3.00. The van der Waals surface area contributed by atoms with Crippen LogP contribution in [0.3, 0.4) is 0 Å². The number of pyridine rings is 1. The number of hydrogen-bond acceptors (Lipinski definition) is 5. The van der Waals surface area contributed by atoms with Gasteiger partial charge in [-0.25, -0.2) is 0 Å². The first-order chi connectivity index (χ1) is 10.2. The van der Waals surface area contributed by atoms with Crippen LogP contribution in [-0.2, 0) is 0 Å². The molecule has 0 radical (unpaired) electrons. The van der Waals surface area contributed by atoms with Crippen LogP contribution < -0.4 is 0 Å². The van der Waals surface area contributed by atoms with Gasteiger partial charge >= 0.3 is 0 Å². The average molecular weight is 278 g/mol. The third-order valence-corrected chi connectivity index (χ3v) is 3.00. The Hall–Kier alpha value is -3.15. The van der Waals surface area contributed by atoms with Crippen molar-refractivity contribution in [1.29, 1.82) is 0 Å². The van der Waals surface area contributed by atoms with Crippen molar-refractivity contribution in [2.75, 3.05) is 0 Å². The van der Waals surface area contributed by atoms with Crippen LogP contribution in [0.1, 0.15) is 0 Å². The summed E-state index contributed by atoms with van der Waals surface area (Å²) in [6.07, 6.45) is 6.53. The SMILES string of the molecule is O=[N+]([O-])c1ccc(-c2ccnc(-c3cnccn3)c2)cc1. The molecule has 0 spiro atoms. The summed E-state index contributed by atoms with van der Waals surface area (Å²) in [5.74, 6) is 0. The monoisotopic (exact) mass is 278 g/mol. The predicted molar refractivity (Wildman–Crippen MR) is 77.4 cm³/mol. The normalized spacial score (nSPS) is 10.3. The van der Waals surface area contributed by atoms with Crippen molar-refractivity contribution in [2.24, 2.45) is 0 Å². The van der Waals surface area contributed by atoms with Crippen molar-refractivity contribution in [1.82, 2.24) is 15.0 Å². The van der Waals surface area contributed by atoms with Crippen molar-refractivity contribution in [3.8, 4) is 22.5 Å². The lowest BCUT2D eigenvalue weighted by Gasteiger charge is -2.04. The van der Waals surface area contributed by atoms with Gasteiger partial charge in [0.1, 0.15) is 5.69 Å². The minimum atomic E-state index is -0.415. The molecule has 0 aliphatic carbocycles. The Morgan fingerprint density at radius 2 is 1.62 bits per heavy atom. The van der Waals surface area contributed by atoms with Crippen molar-refractivity contribution >= 4 is 5.69 Å². The lowest BCUT2D eigenvalue weighted by Crippen LogP contribution is -1.90. The molecule has 3 rings (SSSR count). The molecule has 0 unspecified atom stereocenters. The first-order valence-corrected chi connectivity index (χ1v) is 6.21. The Balaban J connectivity index is 1.98. The number of hydrogen-bond donors (Lipinski definition) is 0. The van der Waals surface area contributed by atoms with E-state index in [4.69, 9.17) is 0 Å². The second-order valence-electron chi connectivity index (χ2n) is 4.32. The molecule has 1 aromatic carbocycles. The molecule has 2 heterocycles.